The lowest BCUT2D eigenvalue weighted by molar-refractivity contribution is -0.143. The van der Waals surface area contributed by atoms with Crippen LogP contribution in [0.2, 0.25) is 0 Å². The molecule has 17 heavy (non-hydrogen) atoms. The number of hydrogen-bond donors (Lipinski definition) is 1. The van der Waals surface area contributed by atoms with Gasteiger partial charge in [-0.1, -0.05) is 0 Å². The van der Waals surface area contributed by atoms with Crippen LogP contribution in [0.4, 0.5) is 0 Å². The maximum Gasteiger partial charge on any atom is 0.229 e. The van der Waals surface area contributed by atoms with E-state index in [4.69, 9.17) is 4.74 Å². The highest BCUT2D eigenvalue weighted by Gasteiger charge is 2.39. The first-order valence-corrected chi connectivity index (χ1v) is 6.19. The highest BCUT2D eigenvalue weighted by Crippen LogP contribution is 2.29. The number of carbonyl (C=O) groups excluding carboxylic acids is 1. The molecule has 0 aromatic carbocycles. The summed E-state index contributed by atoms with van der Waals surface area (Å²) in [6.07, 6.45) is 3.07. The molecule has 2 fully saturated rings. The van der Waals surface area contributed by atoms with Crippen LogP contribution in [0.3, 0.4) is 0 Å². The first-order chi connectivity index (χ1) is 7.63. The summed E-state index contributed by atoms with van der Waals surface area (Å²) in [4.78, 5) is 14.3. The van der Waals surface area contributed by atoms with Gasteiger partial charge < -0.3 is 15.0 Å². The van der Waals surface area contributed by atoms with Crippen molar-refractivity contribution in [2.45, 2.75) is 32.2 Å². The van der Waals surface area contributed by atoms with Crippen LogP contribution in [-0.2, 0) is 9.53 Å². The maximum atomic E-state index is 12.4. The van der Waals surface area contributed by atoms with Gasteiger partial charge in [-0.3, -0.25) is 4.79 Å². The van der Waals surface area contributed by atoms with E-state index in [1.165, 1.54) is 0 Å². The fourth-order valence-electron chi connectivity index (χ4n) is 2.66. The summed E-state index contributed by atoms with van der Waals surface area (Å²) in [6.45, 7) is 5.42. The van der Waals surface area contributed by atoms with E-state index in [9.17, 15) is 4.79 Å². The molecular formula is C12H23ClN2O2. The van der Waals surface area contributed by atoms with Crippen molar-refractivity contribution in [2.24, 2.45) is 5.41 Å². The third-order valence-electron chi connectivity index (χ3n) is 3.89. The number of hydrogen-bond acceptors (Lipinski definition) is 3. The van der Waals surface area contributed by atoms with Crippen molar-refractivity contribution in [3.63, 3.8) is 0 Å². The van der Waals surface area contributed by atoms with Crippen molar-refractivity contribution in [1.29, 1.82) is 0 Å². The van der Waals surface area contributed by atoms with Crippen molar-refractivity contribution < 1.29 is 9.53 Å². The SMILES string of the molecule is CN(C(=O)C1(C)CCCNC1)C1CCOC1.Cl. The Labute approximate surface area is 109 Å². The van der Waals surface area contributed by atoms with Crippen molar-refractivity contribution in [2.75, 3.05) is 33.4 Å². The zero-order chi connectivity index (χ0) is 11.6. The van der Waals surface area contributed by atoms with E-state index in [2.05, 4.69) is 12.2 Å². The molecule has 2 rings (SSSR count). The van der Waals surface area contributed by atoms with E-state index >= 15 is 0 Å². The van der Waals surface area contributed by atoms with Gasteiger partial charge in [0, 0.05) is 20.2 Å². The summed E-state index contributed by atoms with van der Waals surface area (Å²) in [5.41, 5.74) is -0.213. The molecule has 2 aliphatic heterocycles. The van der Waals surface area contributed by atoms with Gasteiger partial charge in [0.1, 0.15) is 0 Å². The fraction of sp³-hybridized carbons (Fsp3) is 0.917. The Morgan fingerprint density at radius 3 is 2.82 bits per heavy atom. The van der Waals surface area contributed by atoms with Gasteiger partial charge >= 0.3 is 0 Å². The van der Waals surface area contributed by atoms with Crippen LogP contribution >= 0.6 is 12.4 Å². The van der Waals surface area contributed by atoms with Gasteiger partial charge in [0.25, 0.3) is 0 Å². The van der Waals surface area contributed by atoms with Crippen molar-refractivity contribution >= 4 is 18.3 Å². The van der Waals surface area contributed by atoms with Crippen LogP contribution in [0.1, 0.15) is 26.2 Å². The average molecular weight is 263 g/mol. The van der Waals surface area contributed by atoms with Crippen LogP contribution in [0.25, 0.3) is 0 Å². The molecular weight excluding hydrogens is 240 g/mol. The van der Waals surface area contributed by atoms with Gasteiger partial charge in [-0.05, 0) is 32.7 Å². The summed E-state index contributed by atoms with van der Waals surface area (Å²) in [6, 6.07) is 0.284. The smallest absolute Gasteiger partial charge is 0.229 e. The van der Waals surface area contributed by atoms with Gasteiger partial charge in [0.05, 0.1) is 18.1 Å². The van der Waals surface area contributed by atoms with Crippen LogP contribution in [0, 0.1) is 5.41 Å². The second kappa shape index (κ2) is 6.03. The van der Waals surface area contributed by atoms with Crippen molar-refractivity contribution in [3.8, 4) is 0 Å². The van der Waals surface area contributed by atoms with Crippen molar-refractivity contribution in [3.05, 3.63) is 0 Å². The predicted molar refractivity (Wildman–Crippen MR) is 69.5 cm³/mol. The molecule has 0 spiro atoms. The Morgan fingerprint density at radius 2 is 2.29 bits per heavy atom. The highest BCUT2D eigenvalue weighted by atomic mass is 35.5. The lowest BCUT2D eigenvalue weighted by atomic mass is 9.81. The molecule has 2 unspecified atom stereocenters. The minimum absolute atomic E-state index is 0. The summed E-state index contributed by atoms with van der Waals surface area (Å²) in [5.74, 6) is 0.273. The number of piperidine rings is 1. The van der Waals surface area contributed by atoms with Gasteiger partial charge in [-0.15, -0.1) is 12.4 Å². The lowest BCUT2D eigenvalue weighted by Crippen LogP contribution is -2.51. The van der Waals surface area contributed by atoms with Gasteiger partial charge in [0.15, 0.2) is 0 Å². The number of halogens is 1. The predicted octanol–water partition coefficient (Wildman–Crippen LogP) is 1.05. The minimum Gasteiger partial charge on any atom is -0.379 e. The Hall–Kier alpha value is -0.320. The van der Waals surface area contributed by atoms with Crippen LogP contribution in [-0.4, -0.2) is 50.2 Å². The van der Waals surface area contributed by atoms with Crippen molar-refractivity contribution in [1.82, 2.24) is 10.2 Å². The normalized spacial score (nSPS) is 32.9. The first-order valence-electron chi connectivity index (χ1n) is 6.19. The Morgan fingerprint density at radius 1 is 1.53 bits per heavy atom. The molecule has 0 aromatic heterocycles. The number of nitrogens with one attached hydrogen (secondary N) is 1. The van der Waals surface area contributed by atoms with E-state index in [1.807, 2.05) is 11.9 Å². The fourth-order valence-corrected chi connectivity index (χ4v) is 2.66. The number of likely N-dealkylation sites (N-methyl/N-ethyl adjacent to an activating group) is 1. The molecule has 2 heterocycles. The average Bonchev–Trinajstić information content (AvgIpc) is 2.81. The van der Waals surface area contributed by atoms with E-state index < -0.39 is 0 Å². The molecule has 5 heteroatoms. The molecule has 1 amide bonds. The number of ether oxygens (including phenoxy) is 1. The quantitative estimate of drug-likeness (QED) is 0.809. The summed E-state index contributed by atoms with van der Waals surface area (Å²) < 4.78 is 5.34. The lowest BCUT2D eigenvalue weighted by Gasteiger charge is -2.37. The summed E-state index contributed by atoms with van der Waals surface area (Å²) in [5, 5.41) is 3.32. The highest BCUT2D eigenvalue weighted by molar-refractivity contribution is 5.85. The number of carbonyl (C=O) groups is 1. The molecule has 4 nitrogen and oxygen atoms in total. The first kappa shape index (κ1) is 14.7. The second-order valence-electron chi connectivity index (χ2n) is 5.27. The van der Waals surface area contributed by atoms with Crippen LogP contribution in [0.5, 0.6) is 0 Å². The second-order valence-corrected chi connectivity index (χ2v) is 5.27. The third-order valence-corrected chi connectivity index (χ3v) is 3.89. The Balaban J connectivity index is 0.00000144. The standard InChI is InChI=1S/C12H22N2O2.ClH/c1-12(5-3-6-13-9-12)11(15)14(2)10-4-7-16-8-10;/h10,13H,3-9H2,1-2H3;1H. The molecule has 0 bridgehead atoms. The molecule has 0 radical (unpaired) electrons. The number of rotatable bonds is 2. The van der Waals surface area contributed by atoms with Gasteiger partial charge in [0.2, 0.25) is 5.91 Å². The minimum atomic E-state index is -0.213. The Bertz CT molecular complexity index is 261. The zero-order valence-electron chi connectivity index (χ0n) is 10.7. The van der Waals surface area contributed by atoms with E-state index in [1.54, 1.807) is 0 Å². The third kappa shape index (κ3) is 3.12. The topological polar surface area (TPSA) is 41.6 Å². The van der Waals surface area contributed by atoms with Gasteiger partial charge in [-0.25, -0.2) is 0 Å². The largest absolute Gasteiger partial charge is 0.379 e. The van der Waals surface area contributed by atoms with Crippen LogP contribution in [0.15, 0.2) is 0 Å². The monoisotopic (exact) mass is 262 g/mol. The van der Waals surface area contributed by atoms with E-state index in [-0.39, 0.29) is 29.8 Å². The molecule has 100 valence electrons. The molecule has 0 aromatic rings. The zero-order valence-corrected chi connectivity index (χ0v) is 11.5. The maximum absolute atomic E-state index is 12.4. The molecule has 0 saturated carbocycles. The Kier molecular flexibility index (Phi) is 5.22. The van der Waals surface area contributed by atoms with Gasteiger partial charge in [-0.2, -0.15) is 0 Å². The number of nitrogens with zero attached hydrogens (tertiary/aromatic N) is 1. The van der Waals surface area contributed by atoms with Crippen LogP contribution < -0.4 is 5.32 Å². The molecule has 0 aliphatic carbocycles. The molecule has 2 atom stereocenters. The van der Waals surface area contributed by atoms with E-state index in [0.29, 0.717) is 6.61 Å². The molecule has 2 saturated heterocycles. The van der Waals surface area contributed by atoms with E-state index in [0.717, 1.165) is 39.0 Å². The summed E-state index contributed by atoms with van der Waals surface area (Å²) in [7, 11) is 1.92. The molecule has 1 N–H and O–H groups in total. The summed E-state index contributed by atoms with van der Waals surface area (Å²) >= 11 is 0. The number of amides is 1. The molecule has 2 aliphatic rings.